The lowest BCUT2D eigenvalue weighted by molar-refractivity contribution is -0.119. The van der Waals surface area contributed by atoms with Crippen molar-refractivity contribution in [2.75, 3.05) is 62.8 Å². The van der Waals surface area contributed by atoms with Crippen molar-refractivity contribution in [3.05, 3.63) is 76.3 Å². The van der Waals surface area contributed by atoms with Crippen molar-refractivity contribution >= 4 is 33.8 Å². The molecule has 1 N–H and O–H groups in total. The Hall–Kier alpha value is -3.97. The third-order valence-corrected chi connectivity index (χ3v) is 9.80. The summed E-state index contributed by atoms with van der Waals surface area (Å²) in [5.74, 6) is 0.214. The number of carbonyl (C=O) groups is 1. The smallest absolute Gasteiger partial charge is 0.317 e. The third-order valence-electron chi connectivity index (χ3n) is 8.37. The largest absolute Gasteiger partial charge is 0.402 e. The first-order chi connectivity index (χ1) is 21.5. The molecular weight excluding hydrogens is 578 g/mol. The Morgan fingerprint density at radius 3 is 2.39 bits per heavy atom. The standard InChI is InChI=1S/C32H35N7O4S/c1-32(2,39-14-18-42-19-15-39)30-34-26(29(44-30)38-12-16-41-17-13-38)28-36-37-31(43-28)35-27-24(40)20-22-10-6-7-11-23(22)25(33-27)21-8-4-3-5-9-21/h3-11,27H,12-20H2,1-2H3,(H,35,37). The molecule has 1 atom stereocenters. The minimum Gasteiger partial charge on any atom is -0.402 e. The summed E-state index contributed by atoms with van der Waals surface area (Å²) in [5, 5.41) is 13.8. The molecule has 3 aliphatic heterocycles. The maximum atomic E-state index is 13.5. The van der Waals surface area contributed by atoms with Crippen molar-refractivity contribution < 1.29 is 18.7 Å². The van der Waals surface area contributed by atoms with Crippen molar-refractivity contribution in [2.45, 2.75) is 32.0 Å². The number of carbonyl (C=O) groups excluding carboxylic acids is 1. The Morgan fingerprint density at radius 1 is 0.909 bits per heavy atom. The number of hydrogen-bond donors (Lipinski definition) is 1. The van der Waals surface area contributed by atoms with E-state index in [4.69, 9.17) is 23.9 Å². The van der Waals surface area contributed by atoms with Crippen LogP contribution in [0.4, 0.5) is 11.0 Å². The van der Waals surface area contributed by atoms with E-state index in [1.807, 2.05) is 54.6 Å². The molecule has 0 aliphatic carbocycles. The van der Waals surface area contributed by atoms with Crippen LogP contribution in [-0.2, 0) is 26.2 Å². The molecule has 4 aromatic rings. The topological polar surface area (TPSA) is 118 Å². The van der Waals surface area contributed by atoms with Gasteiger partial charge in [-0.05, 0) is 19.4 Å². The van der Waals surface area contributed by atoms with Crippen LogP contribution in [0.25, 0.3) is 11.6 Å². The molecule has 0 radical (unpaired) electrons. The van der Waals surface area contributed by atoms with E-state index >= 15 is 0 Å². The van der Waals surface area contributed by atoms with Gasteiger partial charge in [-0.25, -0.2) is 4.98 Å². The van der Waals surface area contributed by atoms with E-state index in [1.54, 1.807) is 11.3 Å². The maximum absolute atomic E-state index is 13.5. The van der Waals surface area contributed by atoms with Crippen LogP contribution in [0.1, 0.15) is 35.5 Å². The highest BCUT2D eigenvalue weighted by Gasteiger charge is 2.36. The van der Waals surface area contributed by atoms with Crippen LogP contribution in [0, 0.1) is 0 Å². The van der Waals surface area contributed by atoms with Crippen LogP contribution in [0.5, 0.6) is 0 Å². The Balaban J connectivity index is 1.21. The summed E-state index contributed by atoms with van der Waals surface area (Å²) in [6.45, 7) is 10.3. The summed E-state index contributed by atoms with van der Waals surface area (Å²) in [5.41, 5.74) is 3.88. The molecule has 0 bridgehead atoms. The fraction of sp³-hybridized carbons (Fsp3) is 0.406. The summed E-state index contributed by atoms with van der Waals surface area (Å²) in [7, 11) is 0. The summed E-state index contributed by atoms with van der Waals surface area (Å²) in [4.78, 5) is 28.1. The van der Waals surface area contributed by atoms with Gasteiger partial charge in [0.15, 0.2) is 17.6 Å². The number of ketones is 1. The van der Waals surface area contributed by atoms with Crippen LogP contribution in [0.3, 0.4) is 0 Å². The second-order valence-electron chi connectivity index (χ2n) is 11.5. The van der Waals surface area contributed by atoms with Crippen molar-refractivity contribution in [1.82, 2.24) is 20.1 Å². The lowest BCUT2D eigenvalue weighted by Gasteiger charge is -2.39. The van der Waals surface area contributed by atoms with Crippen molar-refractivity contribution in [2.24, 2.45) is 4.99 Å². The molecule has 3 aliphatic rings. The van der Waals surface area contributed by atoms with Gasteiger partial charge in [0.2, 0.25) is 0 Å². The van der Waals surface area contributed by atoms with E-state index in [9.17, 15) is 4.79 Å². The first-order valence-electron chi connectivity index (χ1n) is 15.0. The number of ether oxygens (including phenoxy) is 2. The number of aromatic nitrogens is 3. The summed E-state index contributed by atoms with van der Waals surface area (Å²) in [6.07, 6.45) is -0.655. The van der Waals surface area contributed by atoms with Crippen molar-refractivity contribution in [1.29, 1.82) is 0 Å². The zero-order valence-corrected chi connectivity index (χ0v) is 25.7. The summed E-state index contributed by atoms with van der Waals surface area (Å²) in [6, 6.07) is 17.9. The molecule has 7 rings (SSSR count). The quantitative estimate of drug-likeness (QED) is 0.328. The van der Waals surface area contributed by atoms with E-state index in [1.165, 1.54) is 0 Å². The fourth-order valence-electron chi connectivity index (χ4n) is 5.85. The lowest BCUT2D eigenvalue weighted by atomic mass is 9.96. The van der Waals surface area contributed by atoms with Gasteiger partial charge in [0.25, 0.3) is 5.89 Å². The predicted octanol–water partition coefficient (Wildman–Crippen LogP) is 4.00. The highest BCUT2D eigenvalue weighted by atomic mass is 32.1. The molecule has 0 amide bonds. The van der Waals surface area contributed by atoms with E-state index in [0.29, 0.717) is 38.0 Å². The number of nitrogens with one attached hydrogen (secondary N) is 1. The zero-order chi connectivity index (χ0) is 30.1. The number of anilines is 2. The van der Waals surface area contributed by atoms with E-state index in [-0.39, 0.29) is 23.8 Å². The zero-order valence-electron chi connectivity index (χ0n) is 24.9. The third kappa shape index (κ3) is 5.65. The predicted molar refractivity (Wildman–Crippen MR) is 169 cm³/mol. The molecule has 2 saturated heterocycles. The first kappa shape index (κ1) is 28.8. The minimum absolute atomic E-state index is 0.0830. The van der Waals surface area contributed by atoms with Gasteiger partial charge in [-0.2, -0.15) is 0 Å². The Bertz CT molecular complexity index is 1660. The monoisotopic (exact) mass is 613 g/mol. The Labute approximate surface area is 259 Å². The summed E-state index contributed by atoms with van der Waals surface area (Å²) < 4.78 is 17.4. The van der Waals surface area contributed by atoms with Crippen LogP contribution >= 0.6 is 11.3 Å². The molecular formula is C32H35N7O4S. The van der Waals surface area contributed by atoms with Crippen molar-refractivity contribution in [3.63, 3.8) is 0 Å². The summed E-state index contributed by atoms with van der Waals surface area (Å²) >= 11 is 1.65. The number of morpholine rings is 2. The molecule has 2 aromatic carbocycles. The number of aliphatic imine (C=N–C) groups is 1. The molecule has 1 unspecified atom stereocenters. The average Bonchev–Trinajstić information content (AvgIpc) is 3.70. The number of thiazole rings is 1. The number of Topliss-reactive ketones (excluding diaryl/α,β-unsaturated/α-hetero) is 1. The van der Waals surface area contributed by atoms with Gasteiger partial charge in [-0.15, -0.1) is 5.10 Å². The number of nitrogens with zero attached hydrogens (tertiary/aromatic N) is 6. The SMILES string of the molecule is CC(C)(c1nc(-c2nnc(NC3N=C(c4ccccc4)c4ccccc4CC3=O)o2)c(N2CCOCC2)s1)N1CCOCC1. The molecule has 5 heterocycles. The molecule has 0 saturated carbocycles. The van der Waals surface area contributed by atoms with E-state index < -0.39 is 6.17 Å². The van der Waals surface area contributed by atoms with Crippen LogP contribution < -0.4 is 10.2 Å². The minimum atomic E-state index is -0.893. The lowest BCUT2D eigenvalue weighted by Crippen LogP contribution is -2.47. The van der Waals surface area contributed by atoms with Crippen molar-refractivity contribution in [3.8, 4) is 11.6 Å². The number of hydrogen-bond acceptors (Lipinski definition) is 12. The Kier molecular flexibility index (Phi) is 7.98. The van der Waals surface area contributed by atoms with Gasteiger partial charge in [-0.1, -0.05) is 71.0 Å². The first-order valence-corrected chi connectivity index (χ1v) is 15.8. The van der Waals surface area contributed by atoms with Crippen LogP contribution in [-0.4, -0.2) is 90.3 Å². The number of benzene rings is 2. The number of rotatable bonds is 7. The number of fused-ring (bicyclic) bond motifs is 1. The van der Waals surface area contributed by atoms with Gasteiger partial charge < -0.3 is 24.1 Å². The van der Waals surface area contributed by atoms with Gasteiger partial charge in [-0.3, -0.25) is 14.7 Å². The molecule has 2 fully saturated rings. The molecule has 0 spiro atoms. The van der Waals surface area contributed by atoms with Crippen LogP contribution in [0.2, 0.25) is 0 Å². The van der Waals surface area contributed by atoms with Gasteiger partial charge in [0, 0.05) is 43.7 Å². The maximum Gasteiger partial charge on any atom is 0.317 e. The fourth-order valence-corrected chi connectivity index (χ4v) is 7.09. The molecule has 44 heavy (non-hydrogen) atoms. The molecule has 2 aromatic heterocycles. The van der Waals surface area contributed by atoms with E-state index in [0.717, 1.165) is 58.6 Å². The van der Waals surface area contributed by atoms with Gasteiger partial charge in [0.1, 0.15) is 10.0 Å². The molecule has 11 nitrogen and oxygen atoms in total. The van der Waals surface area contributed by atoms with Gasteiger partial charge >= 0.3 is 6.01 Å². The van der Waals surface area contributed by atoms with Crippen LogP contribution in [0.15, 0.2) is 64.0 Å². The highest BCUT2D eigenvalue weighted by molar-refractivity contribution is 7.16. The normalized spacial score (nSPS) is 19.8. The van der Waals surface area contributed by atoms with Gasteiger partial charge in [0.05, 0.1) is 37.7 Å². The van der Waals surface area contributed by atoms with E-state index in [2.05, 4.69) is 39.2 Å². The molecule has 228 valence electrons. The Morgan fingerprint density at radius 2 is 1.61 bits per heavy atom. The second-order valence-corrected chi connectivity index (χ2v) is 12.5. The molecule has 12 heteroatoms. The second kappa shape index (κ2) is 12.2. The average molecular weight is 614 g/mol. The highest BCUT2D eigenvalue weighted by Crippen LogP contribution is 2.42.